The quantitative estimate of drug-likeness (QED) is 0.369. The molecule has 1 heterocycles. The second kappa shape index (κ2) is 9.75. The Kier molecular flexibility index (Phi) is 7.38. The Morgan fingerprint density at radius 2 is 1.84 bits per heavy atom. The van der Waals surface area contributed by atoms with Crippen LogP contribution in [0.4, 0.5) is 18.0 Å². The zero-order chi connectivity index (χ0) is 28.3. The number of ether oxygens (including phenoxy) is 2. The third-order valence-electron chi connectivity index (χ3n) is 7.23. The van der Waals surface area contributed by atoms with Crippen LogP contribution < -0.4 is 4.74 Å². The second-order valence-electron chi connectivity index (χ2n) is 10.8. The fourth-order valence-corrected chi connectivity index (χ4v) is 7.64. The number of amides is 1. The summed E-state index contributed by atoms with van der Waals surface area (Å²) < 4.78 is 55.9. The molecule has 0 aromatic heterocycles. The normalized spacial score (nSPS) is 26.7. The van der Waals surface area contributed by atoms with Gasteiger partial charge in [-0.1, -0.05) is 60.6 Å². The number of benzene rings is 2. The van der Waals surface area contributed by atoms with Crippen molar-refractivity contribution in [1.82, 2.24) is 4.90 Å². The Morgan fingerprint density at radius 3 is 2.37 bits per heavy atom. The van der Waals surface area contributed by atoms with Gasteiger partial charge in [-0.2, -0.15) is 0 Å². The van der Waals surface area contributed by atoms with Crippen LogP contribution in [0.15, 0.2) is 51.9 Å². The number of alkyl halides is 2. The Balaban J connectivity index is 1.95. The van der Waals surface area contributed by atoms with Gasteiger partial charge in [0.05, 0.1) is 31.2 Å². The molecule has 1 N–H and O–H groups in total. The smallest absolute Gasteiger partial charge is 0.414 e. The highest BCUT2D eigenvalue weighted by Gasteiger charge is 2.88. The van der Waals surface area contributed by atoms with Gasteiger partial charge < -0.3 is 14.6 Å². The van der Waals surface area contributed by atoms with Gasteiger partial charge in [0.1, 0.15) is 16.3 Å². The number of halogens is 4. The maximum Gasteiger partial charge on any atom is 0.414 e. The molecular weight excluding hydrogens is 585 g/mol. The summed E-state index contributed by atoms with van der Waals surface area (Å²) in [5.74, 6) is -4.83. The van der Waals surface area contributed by atoms with Crippen molar-refractivity contribution in [3.63, 3.8) is 0 Å². The van der Waals surface area contributed by atoms with Crippen molar-refractivity contribution >= 4 is 39.0 Å². The molecule has 0 bridgehead atoms. The topological polar surface area (TPSA) is 71.4 Å². The molecule has 38 heavy (non-hydrogen) atoms. The third-order valence-corrected chi connectivity index (χ3v) is 9.18. The van der Waals surface area contributed by atoms with Gasteiger partial charge >= 0.3 is 6.09 Å². The van der Waals surface area contributed by atoms with Crippen molar-refractivity contribution in [1.29, 1.82) is 0 Å². The SMILES string of the molecule is COCC12SC(N(C(=O)O)C(c3ccc(OC)cc3)C(C)(C)C)=N[C@](C)(c3cc(Br)ccc3F)C1C2(F)F. The maximum atomic E-state index is 15.7. The molecule has 0 radical (unpaired) electrons. The van der Waals surface area contributed by atoms with E-state index in [9.17, 15) is 9.90 Å². The number of methoxy groups -OCH3 is 2. The molecule has 3 unspecified atom stereocenters. The van der Waals surface area contributed by atoms with Gasteiger partial charge in [-0.25, -0.2) is 22.9 Å². The van der Waals surface area contributed by atoms with Gasteiger partial charge in [0, 0.05) is 17.1 Å². The summed E-state index contributed by atoms with van der Waals surface area (Å²) >= 11 is 4.00. The standard InChI is InChI=1S/C27H30BrF3N2O4S/c1-24(2,3)20(15-7-10-17(37-6)11-8-15)33(23(34)35)22-32-25(4,18-13-16(28)9-12-19(18)29)21-26(38-22,14-36-5)27(21,30)31/h7-13,20-21H,14H2,1-6H3,(H,34,35)/t20?,21?,25-,26?/m1/s1. The van der Waals surface area contributed by atoms with Crippen LogP contribution in [0.5, 0.6) is 5.75 Å². The summed E-state index contributed by atoms with van der Waals surface area (Å²) in [6.45, 7) is 6.65. The molecule has 2 aromatic rings. The average Bonchev–Trinajstić information content (AvgIpc) is 3.33. The lowest BCUT2D eigenvalue weighted by atomic mass is 9.81. The minimum absolute atomic E-state index is 0.0468. The van der Waals surface area contributed by atoms with Crippen molar-refractivity contribution in [3.8, 4) is 5.75 Å². The molecule has 1 fully saturated rings. The van der Waals surface area contributed by atoms with Crippen LogP contribution in [-0.4, -0.2) is 52.8 Å². The Labute approximate surface area is 232 Å². The van der Waals surface area contributed by atoms with Gasteiger partial charge in [0.2, 0.25) is 0 Å². The van der Waals surface area contributed by atoms with E-state index in [1.165, 1.54) is 39.3 Å². The van der Waals surface area contributed by atoms with E-state index in [-0.39, 0.29) is 17.3 Å². The number of carbonyl (C=O) groups is 1. The molecule has 0 spiro atoms. The number of aliphatic imine (C=N–C) groups is 1. The zero-order valence-corrected chi connectivity index (χ0v) is 24.3. The lowest BCUT2D eigenvalue weighted by Crippen LogP contribution is -2.47. The first-order valence-corrected chi connectivity index (χ1v) is 13.5. The number of hydrogen-bond acceptors (Lipinski definition) is 5. The van der Waals surface area contributed by atoms with Gasteiger partial charge in [-0.05, 0) is 48.2 Å². The van der Waals surface area contributed by atoms with Crippen LogP contribution in [0.1, 0.15) is 44.9 Å². The van der Waals surface area contributed by atoms with Gasteiger partial charge in [0.15, 0.2) is 5.17 Å². The van der Waals surface area contributed by atoms with E-state index in [0.717, 1.165) is 4.90 Å². The van der Waals surface area contributed by atoms with Crippen LogP contribution in [-0.2, 0) is 10.3 Å². The monoisotopic (exact) mass is 614 g/mol. The van der Waals surface area contributed by atoms with E-state index in [1.54, 1.807) is 24.3 Å². The van der Waals surface area contributed by atoms with Crippen molar-refractivity contribution in [3.05, 3.63) is 63.9 Å². The molecule has 4 atom stereocenters. The predicted octanol–water partition coefficient (Wildman–Crippen LogP) is 7.33. The number of carboxylic acid groups (broad SMARTS) is 1. The number of fused-ring (bicyclic) bond motifs is 1. The molecule has 2 aliphatic rings. The van der Waals surface area contributed by atoms with Crippen LogP contribution >= 0.6 is 27.7 Å². The molecule has 2 aromatic carbocycles. The highest BCUT2D eigenvalue weighted by molar-refractivity contribution is 9.10. The lowest BCUT2D eigenvalue weighted by Gasteiger charge is -2.42. The van der Waals surface area contributed by atoms with E-state index in [1.807, 2.05) is 20.8 Å². The van der Waals surface area contributed by atoms with E-state index in [0.29, 0.717) is 27.5 Å². The summed E-state index contributed by atoms with van der Waals surface area (Å²) in [5.41, 5.74) is -1.86. The minimum Gasteiger partial charge on any atom is -0.497 e. The largest absolute Gasteiger partial charge is 0.497 e. The van der Waals surface area contributed by atoms with Crippen molar-refractivity contribution < 1.29 is 32.5 Å². The maximum absolute atomic E-state index is 15.7. The summed E-state index contributed by atoms with van der Waals surface area (Å²) in [5, 5.41) is 10.4. The number of thioether (sulfide) groups is 1. The highest BCUT2D eigenvalue weighted by Crippen LogP contribution is 2.75. The molecule has 1 saturated carbocycles. The highest BCUT2D eigenvalue weighted by atomic mass is 79.9. The fraction of sp³-hybridized carbons (Fsp3) is 0.481. The van der Waals surface area contributed by atoms with E-state index in [2.05, 4.69) is 20.9 Å². The minimum atomic E-state index is -3.30. The Morgan fingerprint density at radius 1 is 1.21 bits per heavy atom. The summed E-state index contributed by atoms with van der Waals surface area (Å²) in [4.78, 5) is 18.6. The van der Waals surface area contributed by atoms with Crippen LogP contribution in [0.25, 0.3) is 0 Å². The van der Waals surface area contributed by atoms with E-state index < -0.39 is 45.5 Å². The molecule has 4 rings (SSSR count). The van der Waals surface area contributed by atoms with Crippen LogP contribution in [0.2, 0.25) is 0 Å². The lowest BCUT2D eigenvalue weighted by molar-refractivity contribution is 0.0636. The molecule has 206 valence electrons. The van der Waals surface area contributed by atoms with Crippen molar-refractivity contribution in [2.75, 3.05) is 20.8 Å². The van der Waals surface area contributed by atoms with E-state index >= 15 is 13.2 Å². The molecule has 0 saturated heterocycles. The second-order valence-corrected chi connectivity index (χ2v) is 13.1. The molecule has 1 aliphatic heterocycles. The van der Waals surface area contributed by atoms with Crippen LogP contribution in [0, 0.1) is 17.2 Å². The van der Waals surface area contributed by atoms with Crippen molar-refractivity contribution in [2.24, 2.45) is 16.3 Å². The zero-order valence-electron chi connectivity index (χ0n) is 21.9. The number of nitrogens with zero attached hydrogens (tertiary/aromatic N) is 2. The summed E-state index contributed by atoms with van der Waals surface area (Å²) in [7, 11) is 2.84. The number of rotatable bonds is 6. The molecule has 1 amide bonds. The van der Waals surface area contributed by atoms with E-state index in [4.69, 9.17) is 9.47 Å². The van der Waals surface area contributed by atoms with Gasteiger partial charge in [-0.15, -0.1) is 0 Å². The summed E-state index contributed by atoms with van der Waals surface area (Å²) in [6, 6.07) is 10.2. The molecule has 11 heteroatoms. The Hall–Kier alpha value is -2.24. The molecular formula is C27H30BrF3N2O4S. The first-order chi connectivity index (χ1) is 17.6. The molecule has 1 aliphatic carbocycles. The van der Waals surface area contributed by atoms with Gasteiger partial charge in [-0.3, -0.25) is 4.99 Å². The van der Waals surface area contributed by atoms with Gasteiger partial charge in [0.25, 0.3) is 5.92 Å². The summed E-state index contributed by atoms with van der Waals surface area (Å²) in [6.07, 6.45) is -1.36. The Bertz CT molecular complexity index is 1270. The fourth-order valence-electron chi connectivity index (χ4n) is 5.57. The first-order valence-electron chi connectivity index (χ1n) is 11.9. The molecule has 6 nitrogen and oxygen atoms in total. The van der Waals surface area contributed by atoms with Crippen LogP contribution in [0.3, 0.4) is 0 Å². The third kappa shape index (κ3) is 4.50. The number of hydrogen-bond donors (Lipinski definition) is 1. The predicted molar refractivity (Wildman–Crippen MR) is 145 cm³/mol. The average molecular weight is 616 g/mol. The van der Waals surface area contributed by atoms with Crippen molar-refractivity contribution in [2.45, 2.75) is 49.9 Å². The first kappa shape index (κ1) is 28.8. The number of amidine groups is 1.